The Labute approximate surface area is 207 Å². The molecule has 2 fully saturated rings. The van der Waals surface area contributed by atoms with E-state index in [-0.39, 0.29) is 35.5 Å². The highest BCUT2D eigenvalue weighted by molar-refractivity contribution is 9.11. The van der Waals surface area contributed by atoms with Crippen molar-refractivity contribution >= 4 is 61.5 Å². The van der Waals surface area contributed by atoms with Gasteiger partial charge < -0.3 is 4.74 Å². The molecule has 1 saturated carbocycles. The molecule has 0 unspecified atom stereocenters. The van der Waals surface area contributed by atoms with Gasteiger partial charge in [0, 0.05) is 5.02 Å². The molecule has 4 atom stereocenters. The Hall–Kier alpha value is -1.96. The van der Waals surface area contributed by atoms with E-state index in [9.17, 15) is 9.59 Å². The minimum absolute atomic E-state index is 0.155. The fraction of sp³-hybridized carbons (Fsp3) is 0.292. The Morgan fingerprint density at radius 1 is 1.00 bits per heavy atom. The molecule has 32 heavy (non-hydrogen) atoms. The van der Waals surface area contributed by atoms with Gasteiger partial charge in [0.05, 0.1) is 27.0 Å². The van der Waals surface area contributed by atoms with Gasteiger partial charge in [-0.1, -0.05) is 35.9 Å². The van der Waals surface area contributed by atoms with Crippen LogP contribution in [0, 0.1) is 23.7 Å². The second-order valence-electron chi connectivity index (χ2n) is 8.30. The van der Waals surface area contributed by atoms with E-state index in [1.165, 1.54) is 0 Å². The van der Waals surface area contributed by atoms with Crippen LogP contribution in [0.2, 0.25) is 5.02 Å². The van der Waals surface area contributed by atoms with Crippen molar-refractivity contribution < 1.29 is 14.3 Å². The lowest BCUT2D eigenvalue weighted by molar-refractivity contribution is -0.140. The molecule has 1 saturated heterocycles. The van der Waals surface area contributed by atoms with E-state index < -0.39 is 0 Å². The maximum absolute atomic E-state index is 12.9. The Kier molecular flexibility index (Phi) is 5.99. The van der Waals surface area contributed by atoms with Gasteiger partial charge in [-0.2, -0.15) is 10.1 Å². The van der Waals surface area contributed by atoms with Crippen molar-refractivity contribution in [1.82, 2.24) is 5.01 Å². The van der Waals surface area contributed by atoms with Crippen LogP contribution in [0.3, 0.4) is 0 Å². The number of amides is 2. The average molecular weight is 579 g/mol. The molecular formula is C24H19Br2ClN2O3. The first-order chi connectivity index (χ1) is 15.4. The molecule has 5 nitrogen and oxygen atoms in total. The van der Waals surface area contributed by atoms with E-state index in [0.717, 1.165) is 37.9 Å². The van der Waals surface area contributed by atoms with Crippen LogP contribution in [0.25, 0.3) is 0 Å². The number of hydrogen-bond acceptors (Lipinski definition) is 4. The normalized spacial score (nSPS) is 26.3. The summed E-state index contributed by atoms with van der Waals surface area (Å²) < 4.78 is 7.42. The number of halogens is 3. The number of carbonyl (C=O) groups is 2. The second kappa shape index (κ2) is 8.76. The van der Waals surface area contributed by atoms with Crippen molar-refractivity contribution in [2.75, 3.05) is 0 Å². The zero-order chi connectivity index (χ0) is 22.4. The first-order valence-electron chi connectivity index (χ1n) is 10.4. The highest BCUT2D eigenvalue weighted by Crippen LogP contribution is 2.49. The highest BCUT2D eigenvalue weighted by atomic mass is 79.9. The highest BCUT2D eigenvalue weighted by Gasteiger charge is 2.56. The SMILES string of the molecule is O=C1[C@@H]2[C@H](C(=O)N1/N=C\c1cc(Br)c(OCc3ccc(Cl)cc3)c(Br)c1)[C@H]1C=C[C@H]2CC1. The van der Waals surface area contributed by atoms with Gasteiger partial charge in [0.25, 0.3) is 11.8 Å². The predicted molar refractivity (Wildman–Crippen MR) is 129 cm³/mol. The number of imide groups is 1. The summed E-state index contributed by atoms with van der Waals surface area (Å²) in [4.78, 5) is 25.8. The summed E-state index contributed by atoms with van der Waals surface area (Å²) in [6.07, 6.45) is 7.68. The molecule has 2 aromatic carbocycles. The van der Waals surface area contributed by atoms with Crippen LogP contribution in [0.15, 0.2) is 62.6 Å². The van der Waals surface area contributed by atoms with Crippen molar-refractivity contribution in [3.63, 3.8) is 0 Å². The molecular weight excluding hydrogens is 560 g/mol. The molecule has 2 amide bonds. The summed E-state index contributed by atoms with van der Waals surface area (Å²) >= 11 is 13.0. The van der Waals surface area contributed by atoms with Crippen LogP contribution in [0.5, 0.6) is 5.75 Å². The Morgan fingerprint density at radius 3 is 2.09 bits per heavy atom. The van der Waals surface area contributed by atoms with Gasteiger partial charge in [-0.25, -0.2) is 0 Å². The zero-order valence-electron chi connectivity index (χ0n) is 16.9. The maximum atomic E-state index is 12.9. The number of ether oxygens (including phenoxy) is 1. The zero-order valence-corrected chi connectivity index (χ0v) is 20.8. The van der Waals surface area contributed by atoms with Crippen LogP contribution in [0.4, 0.5) is 0 Å². The quantitative estimate of drug-likeness (QED) is 0.249. The number of fused-ring (bicyclic) bond motifs is 1. The smallest absolute Gasteiger partial charge is 0.254 e. The van der Waals surface area contributed by atoms with E-state index >= 15 is 0 Å². The lowest BCUT2D eigenvalue weighted by atomic mass is 9.63. The summed E-state index contributed by atoms with van der Waals surface area (Å²) in [6.45, 7) is 0.387. The Balaban J connectivity index is 1.31. The summed E-state index contributed by atoms with van der Waals surface area (Å²) in [5.41, 5.74) is 1.73. The topological polar surface area (TPSA) is 59.0 Å². The largest absolute Gasteiger partial charge is 0.487 e. The van der Waals surface area contributed by atoms with Crippen molar-refractivity contribution in [3.8, 4) is 5.75 Å². The Morgan fingerprint density at radius 2 is 1.56 bits per heavy atom. The van der Waals surface area contributed by atoms with Crippen molar-refractivity contribution in [3.05, 3.63) is 73.6 Å². The number of nitrogens with zero attached hydrogens (tertiary/aromatic N) is 2. The third kappa shape index (κ3) is 3.95. The molecule has 0 N–H and O–H groups in total. The van der Waals surface area contributed by atoms with Crippen LogP contribution in [-0.4, -0.2) is 23.0 Å². The molecule has 0 aromatic heterocycles. The summed E-state index contributed by atoms with van der Waals surface area (Å²) in [7, 11) is 0. The summed E-state index contributed by atoms with van der Waals surface area (Å²) in [5.74, 6) is 0.0758. The first-order valence-corrected chi connectivity index (χ1v) is 12.3. The predicted octanol–water partition coefficient (Wildman–Crippen LogP) is 5.98. The number of rotatable bonds is 5. The third-order valence-corrected chi connectivity index (χ3v) is 7.81. The van der Waals surface area contributed by atoms with Crippen molar-refractivity contribution in [2.24, 2.45) is 28.8 Å². The van der Waals surface area contributed by atoms with Crippen LogP contribution >= 0.6 is 43.5 Å². The van der Waals surface area contributed by atoms with E-state index in [1.54, 1.807) is 6.21 Å². The standard InChI is InChI=1S/C24H19Br2ClN2O3/c25-18-9-14(10-19(26)22(18)32-12-13-1-7-17(27)8-2-13)11-28-29-23(30)20-15-3-4-16(6-5-15)21(20)24(29)31/h1-4,7-11,15-16,20-21H,5-6,12H2/b28-11-/t15-,16-,20-,21+/m0/s1. The van der Waals surface area contributed by atoms with Crippen LogP contribution in [0.1, 0.15) is 24.0 Å². The fourth-order valence-electron chi connectivity index (χ4n) is 4.82. The van der Waals surface area contributed by atoms with E-state index in [4.69, 9.17) is 16.3 Å². The lowest BCUT2D eigenvalue weighted by Crippen LogP contribution is -2.38. The molecule has 164 valence electrons. The molecule has 1 aliphatic heterocycles. The fourth-order valence-corrected chi connectivity index (χ4v) is 6.40. The van der Waals surface area contributed by atoms with Gasteiger partial charge in [-0.3, -0.25) is 9.59 Å². The second-order valence-corrected chi connectivity index (χ2v) is 10.4. The first kappa shape index (κ1) is 21.9. The molecule has 0 radical (unpaired) electrons. The maximum Gasteiger partial charge on any atom is 0.254 e. The molecule has 2 bridgehead atoms. The van der Waals surface area contributed by atoms with Gasteiger partial charge in [-0.05, 0) is 91.9 Å². The van der Waals surface area contributed by atoms with Crippen LogP contribution in [-0.2, 0) is 16.2 Å². The molecule has 1 heterocycles. The van der Waals surface area contributed by atoms with E-state index in [2.05, 4.69) is 49.1 Å². The number of allylic oxidation sites excluding steroid dienone is 2. The van der Waals surface area contributed by atoms with Gasteiger partial charge >= 0.3 is 0 Å². The van der Waals surface area contributed by atoms with Gasteiger partial charge in [0.15, 0.2) is 0 Å². The molecule has 0 spiro atoms. The number of carbonyl (C=O) groups excluding carboxylic acids is 2. The van der Waals surface area contributed by atoms with Gasteiger partial charge in [-0.15, -0.1) is 0 Å². The number of benzene rings is 2. The van der Waals surface area contributed by atoms with E-state index in [0.29, 0.717) is 17.4 Å². The molecule has 8 heteroatoms. The lowest BCUT2D eigenvalue weighted by Gasteiger charge is -2.37. The number of hydrazone groups is 1. The molecule has 4 aliphatic rings. The monoisotopic (exact) mass is 576 g/mol. The average Bonchev–Trinajstić information content (AvgIpc) is 3.06. The minimum atomic E-state index is -0.259. The van der Waals surface area contributed by atoms with E-state index in [1.807, 2.05) is 36.4 Å². The number of hydrogen-bond donors (Lipinski definition) is 0. The molecule has 3 aliphatic carbocycles. The van der Waals surface area contributed by atoms with Gasteiger partial charge in [0.2, 0.25) is 0 Å². The van der Waals surface area contributed by atoms with Crippen molar-refractivity contribution in [2.45, 2.75) is 19.4 Å². The third-order valence-electron chi connectivity index (χ3n) is 6.38. The summed E-state index contributed by atoms with van der Waals surface area (Å²) in [6, 6.07) is 11.2. The molecule has 2 aromatic rings. The minimum Gasteiger partial charge on any atom is -0.487 e. The van der Waals surface area contributed by atoms with Crippen molar-refractivity contribution in [1.29, 1.82) is 0 Å². The Bertz CT molecular complexity index is 1090. The molecule has 6 rings (SSSR count). The summed E-state index contributed by atoms with van der Waals surface area (Å²) in [5, 5.41) is 6.02. The van der Waals surface area contributed by atoms with Gasteiger partial charge in [0.1, 0.15) is 12.4 Å². The van der Waals surface area contributed by atoms with Crippen LogP contribution < -0.4 is 4.74 Å².